The lowest BCUT2D eigenvalue weighted by molar-refractivity contribution is -0.140. The molecule has 1 saturated heterocycles. The minimum absolute atomic E-state index is 0.0680. The predicted octanol–water partition coefficient (Wildman–Crippen LogP) is 0.159. The smallest absolute Gasteiger partial charge is 0.317 e. The van der Waals surface area contributed by atoms with Gasteiger partial charge in [0.25, 0.3) is 0 Å². The van der Waals surface area contributed by atoms with Crippen LogP contribution in [-0.2, 0) is 4.79 Å². The first kappa shape index (κ1) is 16.0. The van der Waals surface area contributed by atoms with Crippen molar-refractivity contribution in [3.05, 3.63) is 0 Å². The second-order valence-electron chi connectivity index (χ2n) is 6.33. The van der Waals surface area contributed by atoms with E-state index in [9.17, 15) is 19.8 Å². The molecule has 0 spiro atoms. The standard InChI is InChI=1S/C14H24N2O5/c17-10-7-16(8-11(10)18)13(21)15-9-14(6-12(19)20)4-2-1-3-5-14/h10-11,17-18H,1-9H2,(H,15,21)(H,19,20). The van der Waals surface area contributed by atoms with Gasteiger partial charge in [-0.15, -0.1) is 0 Å². The van der Waals surface area contributed by atoms with Crippen LogP contribution in [0.3, 0.4) is 0 Å². The second-order valence-corrected chi connectivity index (χ2v) is 6.33. The third-order valence-corrected chi connectivity index (χ3v) is 4.60. The van der Waals surface area contributed by atoms with Crippen LogP contribution >= 0.6 is 0 Å². The van der Waals surface area contributed by atoms with Gasteiger partial charge in [0, 0.05) is 6.54 Å². The number of aliphatic carboxylic acids is 1. The van der Waals surface area contributed by atoms with Gasteiger partial charge in [-0.05, 0) is 18.3 Å². The lowest BCUT2D eigenvalue weighted by Gasteiger charge is -2.36. The van der Waals surface area contributed by atoms with Gasteiger partial charge >= 0.3 is 12.0 Å². The molecule has 0 aromatic rings. The molecule has 0 aromatic heterocycles. The van der Waals surface area contributed by atoms with Crippen molar-refractivity contribution >= 4 is 12.0 Å². The second kappa shape index (κ2) is 6.62. The van der Waals surface area contributed by atoms with Crippen molar-refractivity contribution in [1.82, 2.24) is 10.2 Å². The summed E-state index contributed by atoms with van der Waals surface area (Å²) in [5, 5.41) is 30.8. The molecule has 1 heterocycles. The van der Waals surface area contributed by atoms with Crippen molar-refractivity contribution in [2.75, 3.05) is 19.6 Å². The van der Waals surface area contributed by atoms with Gasteiger partial charge in [-0.3, -0.25) is 4.79 Å². The van der Waals surface area contributed by atoms with Crippen LogP contribution in [0.15, 0.2) is 0 Å². The lowest BCUT2D eigenvalue weighted by Crippen LogP contribution is -2.45. The Hall–Kier alpha value is -1.34. The third kappa shape index (κ3) is 4.07. The number of aliphatic hydroxyl groups is 2. The van der Waals surface area contributed by atoms with E-state index in [0.29, 0.717) is 6.54 Å². The van der Waals surface area contributed by atoms with Crippen molar-refractivity contribution in [3.63, 3.8) is 0 Å². The molecule has 2 aliphatic rings. The highest BCUT2D eigenvalue weighted by Crippen LogP contribution is 2.38. The lowest BCUT2D eigenvalue weighted by atomic mass is 9.72. The molecule has 7 heteroatoms. The van der Waals surface area contributed by atoms with E-state index >= 15 is 0 Å². The highest BCUT2D eigenvalue weighted by Gasteiger charge is 2.37. The first-order chi connectivity index (χ1) is 9.92. The maximum absolute atomic E-state index is 12.1. The molecular formula is C14H24N2O5. The Kier molecular flexibility index (Phi) is 5.05. The van der Waals surface area contributed by atoms with E-state index in [2.05, 4.69) is 5.32 Å². The number of carboxylic acid groups (broad SMARTS) is 1. The van der Waals surface area contributed by atoms with Crippen LogP contribution in [0.2, 0.25) is 0 Å². The number of urea groups is 1. The molecule has 2 unspecified atom stereocenters. The quantitative estimate of drug-likeness (QED) is 0.591. The fraction of sp³-hybridized carbons (Fsp3) is 0.857. The molecule has 7 nitrogen and oxygen atoms in total. The fourth-order valence-corrected chi connectivity index (χ4v) is 3.35. The average Bonchev–Trinajstić information content (AvgIpc) is 2.76. The summed E-state index contributed by atoms with van der Waals surface area (Å²) in [5.41, 5.74) is -0.364. The van der Waals surface area contributed by atoms with Gasteiger partial charge in [0.15, 0.2) is 0 Å². The van der Waals surface area contributed by atoms with Crippen LogP contribution in [0, 0.1) is 5.41 Å². The van der Waals surface area contributed by atoms with Gasteiger partial charge in [0.05, 0.1) is 31.7 Å². The summed E-state index contributed by atoms with van der Waals surface area (Å²) in [4.78, 5) is 24.5. The summed E-state index contributed by atoms with van der Waals surface area (Å²) < 4.78 is 0. The van der Waals surface area contributed by atoms with Gasteiger partial charge in [-0.25, -0.2) is 4.79 Å². The van der Waals surface area contributed by atoms with Crippen LogP contribution in [-0.4, -0.2) is 64.1 Å². The van der Waals surface area contributed by atoms with Gasteiger partial charge < -0.3 is 25.5 Å². The van der Waals surface area contributed by atoms with E-state index in [0.717, 1.165) is 32.1 Å². The number of hydrogen-bond acceptors (Lipinski definition) is 4. The largest absolute Gasteiger partial charge is 0.481 e. The van der Waals surface area contributed by atoms with E-state index in [4.69, 9.17) is 5.11 Å². The number of likely N-dealkylation sites (tertiary alicyclic amines) is 1. The minimum atomic E-state index is -0.904. The molecule has 120 valence electrons. The molecule has 2 rings (SSSR count). The number of carboxylic acids is 1. The predicted molar refractivity (Wildman–Crippen MR) is 74.8 cm³/mol. The number of nitrogens with zero attached hydrogens (tertiary/aromatic N) is 1. The molecule has 2 atom stereocenters. The normalized spacial score (nSPS) is 28.4. The molecule has 1 aliphatic carbocycles. The van der Waals surface area contributed by atoms with Crippen molar-refractivity contribution in [1.29, 1.82) is 0 Å². The first-order valence-electron chi connectivity index (χ1n) is 7.53. The summed E-state index contributed by atoms with van der Waals surface area (Å²) >= 11 is 0. The first-order valence-corrected chi connectivity index (χ1v) is 7.53. The van der Waals surface area contributed by atoms with Crippen LogP contribution in [0.1, 0.15) is 38.5 Å². The maximum atomic E-state index is 12.1. The highest BCUT2D eigenvalue weighted by atomic mass is 16.4. The molecule has 4 N–H and O–H groups in total. The Morgan fingerprint density at radius 1 is 1.10 bits per heavy atom. The van der Waals surface area contributed by atoms with Gasteiger partial charge in [0.1, 0.15) is 0 Å². The number of rotatable bonds is 4. The van der Waals surface area contributed by atoms with Crippen LogP contribution in [0.5, 0.6) is 0 Å². The number of β-amino-alcohol motifs (C(OH)–C–C–N with tert-alkyl or cyclic N) is 2. The summed E-state index contributed by atoms with van der Waals surface area (Å²) in [7, 11) is 0. The zero-order valence-corrected chi connectivity index (χ0v) is 12.1. The Balaban J connectivity index is 1.89. The Bertz CT molecular complexity index is 385. The van der Waals surface area contributed by atoms with Crippen molar-refractivity contribution in [2.24, 2.45) is 5.41 Å². The van der Waals surface area contributed by atoms with E-state index in [1.807, 2.05) is 0 Å². The SMILES string of the molecule is O=C(O)CC1(CNC(=O)N2CC(O)C(O)C2)CCCCC1. The molecule has 0 bridgehead atoms. The summed E-state index contributed by atoms with van der Waals surface area (Å²) in [6.07, 6.45) is 2.97. The van der Waals surface area contributed by atoms with E-state index in [1.165, 1.54) is 4.90 Å². The fourth-order valence-electron chi connectivity index (χ4n) is 3.35. The van der Waals surface area contributed by atoms with Crippen LogP contribution in [0.25, 0.3) is 0 Å². The number of aliphatic hydroxyl groups excluding tert-OH is 2. The zero-order valence-electron chi connectivity index (χ0n) is 12.1. The van der Waals surface area contributed by atoms with Gasteiger partial charge in [0.2, 0.25) is 0 Å². The maximum Gasteiger partial charge on any atom is 0.317 e. The van der Waals surface area contributed by atoms with E-state index in [-0.39, 0.29) is 31.0 Å². The molecule has 0 aromatic carbocycles. The van der Waals surface area contributed by atoms with Gasteiger partial charge in [-0.1, -0.05) is 19.3 Å². The number of nitrogens with one attached hydrogen (secondary N) is 1. The summed E-state index contributed by atoms with van der Waals surface area (Å²) in [5.74, 6) is -0.835. The molecule has 2 fully saturated rings. The Labute approximate surface area is 123 Å². The molecule has 1 saturated carbocycles. The highest BCUT2D eigenvalue weighted by molar-refractivity contribution is 5.75. The molecule has 0 radical (unpaired) electrons. The zero-order chi connectivity index (χ0) is 15.5. The minimum Gasteiger partial charge on any atom is -0.481 e. The molecular weight excluding hydrogens is 276 g/mol. The van der Waals surface area contributed by atoms with Crippen molar-refractivity contribution < 1.29 is 24.9 Å². The van der Waals surface area contributed by atoms with Crippen LogP contribution in [0.4, 0.5) is 4.79 Å². The molecule has 21 heavy (non-hydrogen) atoms. The van der Waals surface area contributed by atoms with Crippen LogP contribution < -0.4 is 5.32 Å². The number of carbonyl (C=O) groups is 2. The number of amides is 2. The molecule has 2 amide bonds. The number of carbonyl (C=O) groups excluding carboxylic acids is 1. The monoisotopic (exact) mass is 300 g/mol. The number of hydrogen-bond donors (Lipinski definition) is 4. The van der Waals surface area contributed by atoms with E-state index < -0.39 is 18.2 Å². The van der Waals surface area contributed by atoms with E-state index in [1.54, 1.807) is 0 Å². The average molecular weight is 300 g/mol. The van der Waals surface area contributed by atoms with Crippen molar-refractivity contribution in [3.8, 4) is 0 Å². The third-order valence-electron chi connectivity index (χ3n) is 4.60. The topological polar surface area (TPSA) is 110 Å². The Morgan fingerprint density at radius 2 is 1.67 bits per heavy atom. The summed E-state index contributed by atoms with van der Waals surface area (Å²) in [6, 6.07) is -0.346. The van der Waals surface area contributed by atoms with Gasteiger partial charge in [-0.2, -0.15) is 0 Å². The Morgan fingerprint density at radius 3 is 2.19 bits per heavy atom. The molecule has 1 aliphatic heterocycles. The van der Waals surface area contributed by atoms with Crippen molar-refractivity contribution in [2.45, 2.75) is 50.7 Å². The summed E-state index contributed by atoms with van der Waals surface area (Å²) in [6.45, 7) is 0.554.